The van der Waals surface area contributed by atoms with Crippen molar-refractivity contribution < 1.29 is 22.4 Å². The SMILES string of the molecule is O=C(Nc1ccc(Cl)cc1C(F)(F)F)C(=Cc1ccco1)c1ccccc1. The number of nitrogens with one attached hydrogen (secondary N) is 1. The molecule has 0 radical (unpaired) electrons. The van der Waals surface area contributed by atoms with Gasteiger partial charge in [0.15, 0.2) is 0 Å². The van der Waals surface area contributed by atoms with Crippen LogP contribution in [0.5, 0.6) is 0 Å². The van der Waals surface area contributed by atoms with Gasteiger partial charge in [-0.2, -0.15) is 13.2 Å². The first-order valence-electron chi connectivity index (χ1n) is 7.83. The van der Waals surface area contributed by atoms with Gasteiger partial charge < -0.3 is 9.73 Å². The first-order valence-corrected chi connectivity index (χ1v) is 8.21. The highest BCUT2D eigenvalue weighted by atomic mass is 35.5. The van der Waals surface area contributed by atoms with E-state index in [9.17, 15) is 18.0 Å². The highest BCUT2D eigenvalue weighted by molar-refractivity contribution is 6.31. The van der Waals surface area contributed by atoms with Crippen LogP contribution in [0.3, 0.4) is 0 Å². The molecule has 138 valence electrons. The standard InChI is InChI=1S/C20H13ClF3NO2/c21-14-8-9-18(17(11-14)20(22,23)24)25-19(26)16(12-15-7-4-10-27-15)13-5-2-1-3-6-13/h1-12H,(H,25,26). The highest BCUT2D eigenvalue weighted by Crippen LogP contribution is 2.37. The van der Waals surface area contributed by atoms with Crippen LogP contribution >= 0.6 is 11.6 Å². The van der Waals surface area contributed by atoms with Crippen molar-refractivity contribution in [3.63, 3.8) is 0 Å². The van der Waals surface area contributed by atoms with Gasteiger partial charge in [-0.1, -0.05) is 41.9 Å². The van der Waals surface area contributed by atoms with E-state index in [2.05, 4.69) is 5.32 Å². The fraction of sp³-hybridized carbons (Fsp3) is 0.0500. The molecule has 0 aliphatic rings. The molecule has 0 bridgehead atoms. The number of furan rings is 1. The number of benzene rings is 2. The average Bonchev–Trinajstić information content (AvgIpc) is 3.14. The number of rotatable bonds is 4. The third-order valence-corrected chi connectivity index (χ3v) is 3.93. The zero-order valence-corrected chi connectivity index (χ0v) is 14.5. The van der Waals surface area contributed by atoms with Crippen molar-refractivity contribution in [3.05, 3.63) is 88.8 Å². The molecule has 2 aromatic carbocycles. The summed E-state index contributed by atoms with van der Waals surface area (Å²) in [6.45, 7) is 0. The van der Waals surface area contributed by atoms with Crippen molar-refractivity contribution in [3.8, 4) is 0 Å². The van der Waals surface area contributed by atoms with Crippen LogP contribution in [0.15, 0.2) is 71.3 Å². The Morgan fingerprint density at radius 2 is 1.78 bits per heavy atom. The molecule has 0 saturated carbocycles. The van der Waals surface area contributed by atoms with Gasteiger partial charge in [-0.3, -0.25) is 4.79 Å². The quantitative estimate of drug-likeness (QED) is 0.543. The maximum absolute atomic E-state index is 13.3. The van der Waals surface area contributed by atoms with E-state index in [-0.39, 0.29) is 16.3 Å². The van der Waals surface area contributed by atoms with Crippen LogP contribution in [0.1, 0.15) is 16.9 Å². The Morgan fingerprint density at radius 1 is 1.04 bits per heavy atom. The summed E-state index contributed by atoms with van der Waals surface area (Å²) in [6, 6.07) is 15.0. The summed E-state index contributed by atoms with van der Waals surface area (Å²) < 4.78 is 45.0. The third kappa shape index (κ3) is 4.60. The summed E-state index contributed by atoms with van der Waals surface area (Å²) in [4.78, 5) is 12.8. The molecule has 1 heterocycles. The largest absolute Gasteiger partial charge is 0.465 e. The van der Waals surface area contributed by atoms with E-state index < -0.39 is 17.6 Å². The van der Waals surface area contributed by atoms with Crippen LogP contribution in [0.2, 0.25) is 5.02 Å². The smallest absolute Gasteiger partial charge is 0.418 e. The number of anilines is 1. The highest BCUT2D eigenvalue weighted by Gasteiger charge is 2.34. The zero-order valence-electron chi connectivity index (χ0n) is 13.8. The van der Waals surface area contributed by atoms with E-state index in [0.717, 1.165) is 12.1 Å². The van der Waals surface area contributed by atoms with E-state index in [1.165, 1.54) is 18.4 Å². The van der Waals surface area contributed by atoms with E-state index in [1.54, 1.807) is 42.5 Å². The molecule has 0 saturated heterocycles. The van der Waals surface area contributed by atoms with Crippen molar-refractivity contribution >= 4 is 34.8 Å². The van der Waals surface area contributed by atoms with Gasteiger partial charge in [-0.05, 0) is 42.0 Å². The Balaban J connectivity index is 2.00. The second kappa shape index (κ2) is 7.72. The molecule has 0 spiro atoms. The molecule has 3 aromatic rings. The number of carbonyl (C=O) groups is 1. The van der Waals surface area contributed by atoms with Crippen molar-refractivity contribution in [2.75, 3.05) is 5.32 Å². The second-order valence-corrected chi connectivity index (χ2v) is 6.02. The van der Waals surface area contributed by atoms with Gasteiger partial charge in [-0.25, -0.2) is 0 Å². The van der Waals surface area contributed by atoms with E-state index in [4.69, 9.17) is 16.0 Å². The molecule has 3 nitrogen and oxygen atoms in total. The number of halogens is 4. The molecule has 0 fully saturated rings. The van der Waals surface area contributed by atoms with Gasteiger partial charge in [0.1, 0.15) is 5.76 Å². The van der Waals surface area contributed by atoms with Crippen molar-refractivity contribution in [2.45, 2.75) is 6.18 Å². The molecule has 0 aliphatic carbocycles. The molecule has 0 unspecified atom stereocenters. The predicted octanol–water partition coefficient (Wildman–Crippen LogP) is 6.13. The van der Waals surface area contributed by atoms with E-state index in [1.807, 2.05) is 0 Å². The fourth-order valence-electron chi connectivity index (χ4n) is 2.46. The summed E-state index contributed by atoms with van der Waals surface area (Å²) in [5.74, 6) is -0.304. The summed E-state index contributed by atoms with van der Waals surface area (Å²) >= 11 is 5.68. The Bertz CT molecular complexity index is 965. The molecular weight excluding hydrogens is 379 g/mol. The minimum atomic E-state index is -4.66. The van der Waals surface area contributed by atoms with Gasteiger partial charge >= 0.3 is 6.18 Å². The van der Waals surface area contributed by atoms with Crippen LogP contribution in [0.4, 0.5) is 18.9 Å². The number of hydrogen-bond acceptors (Lipinski definition) is 2. The minimum Gasteiger partial charge on any atom is -0.465 e. The van der Waals surface area contributed by atoms with E-state index in [0.29, 0.717) is 11.3 Å². The molecule has 0 aliphatic heterocycles. The third-order valence-electron chi connectivity index (χ3n) is 3.69. The number of hydrogen-bond donors (Lipinski definition) is 1. The van der Waals surface area contributed by atoms with Crippen molar-refractivity contribution in [1.82, 2.24) is 0 Å². The van der Waals surface area contributed by atoms with Crippen LogP contribution in [-0.2, 0) is 11.0 Å². The summed E-state index contributed by atoms with van der Waals surface area (Å²) in [5.41, 5.74) is -0.700. The first kappa shape index (κ1) is 18.8. The van der Waals surface area contributed by atoms with Gasteiger partial charge in [0.25, 0.3) is 5.91 Å². The summed E-state index contributed by atoms with van der Waals surface area (Å²) in [7, 11) is 0. The van der Waals surface area contributed by atoms with Crippen LogP contribution in [0, 0.1) is 0 Å². The lowest BCUT2D eigenvalue weighted by Gasteiger charge is -2.15. The number of carbonyl (C=O) groups excluding carboxylic acids is 1. The Morgan fingerprint density at radius 3 is 2.41 bits per heavy atom. The Kier molecular flexibility index (Phi) is 5.37. The van der Waals surface area contributed by atoms with E-state index >= 15 is 0 Å². The molecular formula is C20H13ClF3NO2. The molecule has 27 heavy (non-hydrogen) atoms. The fourth-order valence-corrected chi connectivity index (χ4v) is 2.64. The van der Waals surface area contributed by atoms with Crippen LogP contribution in [-0.4, -0.2) is 5.91 Å². The second-order valence-electron chi connectivity index (χ2n) is 5.58. The maximum atomic E-state index is 13.3. The summed E-state index contributed by atoms with van der Waals surface area (Å²) in [5, 5.41) is 2.25. The molecule has 1 amide bonds. The lowest BCUT2D eigenvalue weighted by molar-refractivity contribution is -0.136. The van der Waals surface area contributed by atoms with Crippen LogP contribution in [0.25, 0.3) is 11.6 Å². The van der Waals surface area contributed by atoms with Gasteiger partial charge in [0.2, 0.25) is 0 Å². The van der Waals surface area contributed by atoms with Crippen LogP contribution < -0.4 is 5.32 Å². The van der Waals surface area contributed by atoms with Crippen molar-refractivity contribution in [1.29, 1.82) is 0 Å². The van der Waals surface area contributed by atoms with Gasteiger partial charge in [0, 0.05) is 5.02 Å². The average molecular weight is 392 g/mol. The topological polar surface area (TPSA) is 42.2 Å². The number of amides is 1. The predicted molar refractivity (Wildman–Crippen MR) is 98.1 cm³/mol. The number of alkyl halides is 3. The maximum Gasteiger partial charge on any atom is 0.418 e. The monoisotopic (exact) mass is 391 g/mol. The Labute approximate surface area is 158 Å². The summed E-state index contributed by atoms with van der Waals surface area (Å²) in [6.07, 6.45) is -1.76. The lowest BCUT2D eigenvalue weighted by Crippen LogP contribution is -2.17. The van der Waals surface area contributed by atoms with Gasteiger partial charge in [-0.15, -0.1) is 0 Å². The molecule has 1 N–H and O–H groups in total. The lowest BCUT2D eigenvalue weighted by atomic mass is 10.0. The molecule has 0 atom stereocenters. The van der Waals surface area contributed by atoms with Crippen molar-refractivity contribution in [2.24, 2.45) is 0 Å². The van der Waals surface area contributed by atoms with Gasteiger partial charge in [0.05, 0.1) is 23.1 Å². The Hall–Kier alpha value is -2.99. The molecule has 1 aromatic heterocycles. The minimum absolute atomic E-state index is 0.0743. The molecule has 3 rings (SSSR count). The normalized spacial score (nSPS) is 12.1. The zero-order chi connectivity index (χ0) is 19.4. The first-order chi connectivity index (χ1) is 12.8. The molecule has 7 heteroatoms.